The normalized spacial score (nSPS) is 10.2. The van der Waals surface area contributed by atoms with Crippen LogP contribution in [-0.2, 0) is 6.54 Å². The van der Waals surface area contributed by atoms with Crippen molar-refractivity contribution in [3.05, 3.63) is 35.4 Å². The van der Waals surface area contributed by atoms with Crippen LogP contribution in [0.1, 0.15) is 5.56 Å². The van der Waals surface area contributed by atoms with E-state index < -0.39 is 11.6 Å². The Hall–Kier alpha value is -2.51. The third-order valence-electron chi connectivity index (χ3n) is 2.47. The largest absolute Gasteiger partial charge is 0.467 e. The van der Waals surface area contributed by atoms with Gasteiger partial charge < -0.3 is 15.4 Å². The molecule has 0 aliphatic carbocycles. The maximum Gasteiger partial charge on any atom is 0.322 e. The van der Waals surface area contributed by atoms with Crippen LogP contribution in [0.25, 0.3) is 0 Å². The lowest BCUT2D eigenvalue weighted by Crippen LogP contribution is -2.09. The zero-order valence-corrected chi connectivity index (χ0v) is 10.9. The maximum atomic E-state index is 13.5. The minimum atomic E-state index is -0.632. The van der Waals surface area contributed by atoms with Crippen molar-refractivity contribution in [3.63, 3.8) is 0 Å². The fourth-order valence-corrected chi connectivity index (χ4v) is 1.48. The lowest BCUT2D eigenvalue weighted by Gasteiger charge is -2.08. The van der Waals surface area contributed by atoms with Crippen LogP contribution < -0.4 is 15.4 Å². The molecule has 0 unspecified atom stereocenters. The summed E-state index contributed by atoms with van der Waals surface area (Å²) in [5.74, 6) is -0.707. The lowest BCUT2D eigenvalue weighted by atomic mass is 10.2. The Labute approximate surface area is 114 Å². The summed E-state index contributed by atoms with van der Waals surface area (Å²) < 4.78 is 31.2. The van der Waals surface area contributed by atoms with E-state index in [0.717, 1.165) is 6.07 Å². The van der Waals surface area contributed by atoms with Gasteiger partial charge in [0, 0.05) is 25.2 Å². The molecule has 0 aliphatic heterocycles. The molecule has 1 aromatic carbocycles. The summed E-state index contributed by atoms with van der Waals surface area (Å²) in [7, 11) is 3.08. The van der Waals surface area contributed by atoms with Crippen molar-refractivity contribution < 1.29 is 13.5 Å². The predicted molar refractivity (Wildman–Crippen MR) is 69.6 cm³/mol. The highest BCUT2D eigenvalue weighted by Gasteiger charge is 2.07. The number of rotatable bonds is 5. The SMILES string of the molecule is CNc1nc(NCc2ccc(F)cc2F)nc(OC)n1. The monoisotopic (exact) mass is 281 g/mol. The summed E-state index contributed by atoms with van der Waals surface area (Å²) in [6, 6.07) is 3.50. The van der Waals surface area contributed by atoms with Crippen LogP contribution in [0.3, 0.4) is 0 Å². The van der Waals surface area contributed by atoms with Gasteiger partial charge in [0.05, 0.1) is 7.11 Å². The number of ether oxygens (including phenoxy) is 1. The van der Waals surface area contributed by atoms with Gasteiger partial charge in [-0.2, -0.15) is 15.0 Å². The second-order valence-electron chi connectivity index (χ2n) is 3.81. The summed E-state index contributed by atoms with van der Waals surface area (Å²) in [4.78, 5) is 11.9. The second kappa shape index (κ2) is 6.09. The third kappa shape index (κ3) is 3.28. The Morgan fingerprint density at radius 2 is 1.90 bits per heavy atom. The molecule has 2 aromatic rings. The minimum absolute atomic E-state index is 0.114. The molecule has 0 amide bonds. The van der Waals surface area contributed by atoms with E-state index >= 15 is 0 Å². The molecule has 8 heteroatoms. The smallest absolute Gasteiger partial charge is 0.322 e. The van der Waals surface area contributed by atoms with Gasteiger partial charge in [-0.1, -0.05) is 6.07 Å². The molecular weight excluding hydrogens is 268 g/mol. The quantitative estimate of drug-likeness (QED) is 0.871. The van der Waals surface area contributed by atoms with Crippen LogP contribution in [0.5, 0.6) is 6.01 Å². The standard InChI is InChI=1S/C12H13F2N5O/c1-15-10-17-11(19-12(18-10)20-2)16-6-7-3-4-8(13)5-9(7)14/h3-5H,6H2,1-2H3,(H2,15,16,17,18,19). The fraction of sp³-hybridized carbons (Fsp3) is 0.250. The zero-order chi connectivity index (χ0) is 14.5. The van der Waals surface area contributed by atoms with E-state index in [-0.39, 0.29) is 18.5 Å². The van der Waals surface area contributed by atoms with Gasteiger partial charge in [-0.25, -0.2) is 8.78 Å². The van der Waals surface area contributed by atoms with Crippen LogP contribution in [0, 0.1) is 11.6 Å². The number of nitrogens with one attached hydrogen (secondary N) is 2. The van der Waals surface area contributed by atoms with Crippen molar-refractivity contribution in [2.24, 2.45) is 0 Å². The van der Waals surface area contributed by atoms with Crippen LogP contribution in [-0.4, -0.2) is 29.1 Å². The molecule has 0 saturated heterocycles. The molecule has 0 saturated carbocycles. The molecule has 0 fully saturated rings. The van der Waals surface area contributed by atoms with Crippen molar-refractivity contribution in [1.82, 2.24) is 15.0 Å². The average molecular weight is 281 g/mol. The summed E-state index contributed by atoms with van der Waals surface area (Å²) >= 11 is 0. The van der Waals surface area contributed by atoms with Crippen LogP contribution in [0.15, 0.2) is 18.2 Å². The van der Waals surface area contributed by atoms with E-state index in [1.165, 1.54) is 19.2 Å². The first-order valence-corrected chi connectivity index (χ1v) is 5.78. The molecular formula is C12H13F2N5O. The molecule has 0 bridgehead atoms. The molecule has 0 aliphatic rings. The summed E-state index contributed by atoms with van der Waals surface area (Å²) in [5.41, 5.74) is 0.303. The lowest BCUT2D eigenvalue weighted by molar-refractivity contribution is 0.379. The highest BCUT2D eigenvalue weighted by molar-refractivity contribution is 5.36. The first-order chi connectivity index (χ1) is 9.62. The highest BCUT2D eigenvalue weighted by atomic mass is 19.1. The van der Waals surface area contributed by atoms with Gasteiger partial charge in [0.1, 0.15) is 11.6 Å². The Morgan fingerprint density at radius 3 is 2.55 bits per heavy atom. The summed E-state index contributed by atoms with van der Waals surface area (Å²) in [6.07, 6.45) is 0. The highest BCUT2D eigenvalue weighted by Crippen LogP contribution is 2.13. The summed E-state index contributed by atoms with van der Waals surface area (Å²) in [5, 5.41) is 5.58. The zero-order valence-electron chi connectivity index (χ0n) is 10.9. The van der Waals surface area contributed by atoms with Crippen molar-refractivity contribution in [1.29, 1.82) is 0 Å². The number of aromatic nitrogens is 3. The number of anilines is 2. The molecule has 2 rings (SSSR count). The number of halogens is 2. The summed E-state index contributed by atoms with van der Waals surface area (Å²) in [6.45, 7) is 0.114. The molecule has 1 heterocycles. The topological polar surface area (TPSA) is 72.0 Å². The first-order valence-electron chi connectivity index (χ1n) is 5.78. The number of benzene rings is 1. The van der Waals surface area contributed by atoms with Crippen LogP contribution >= 0.6 is 0 Å². The number of hydrogen-bond acceptors (Lipinski definition) is 6. The van der Waals surface area contributed by atoms with Gasteiger partial charge in [0.25, 0.3) is 0 Å². The van der Waals surface area contributed by atoms with E-state index in [1.807, 2.05) is 0 Å². The van der Waals surface area contributed by atoms with Gasteiger partial charge >= 0.3 is 6.01 Å². The van der Waals surface area contributed by atoms with Gasteiger partial charge in [-0.3, -0.25) is 0 Å². The molecule has 106 valence electrons. The number of hydrogen-bond donors (Lipinski definition) is 2. The molecule has 1 aromatic heterocycles. The van der Waals surface area contributed by atoms with E-state index in [2.05, 4.69) is 25.6 Å². The van der Waals surface area contributed by atoms with Crippen molar-refractivity contribution in [3.8, 4) is 6.01 Å². The minimum Gasteiger partial charge on any atom is -0.467 e. The molecule has 20 heavy (non-hydrogen) atoms. The van der Waals surface area contributed by atoms with Crippen LogP contribution in [0.2, 0.25) is 0 Å². The van der Waals surface area contributed by atoms with Crippen LogP contribution in [0.4, 0.5) is 20.7 Å². The molecule has 0 spiro atoms. The van der Waals surface area contributed by atoms with E-state index in [0.29, 0.717) is 11.5 Å². The molecule has 2 N–H and O–H groups in total. The van der Waals surface area contributed by atoms with Crippen molar-refractivity contribution >= 4 is 11.9 Å². The Bertz CT molecular complexity index is 586. The Kier molecular flexibility index (Phi) is 4.24. The van der Waals surface area contributed by atoms with Gasteiger partial charge in [0.2, 0.25) is 11.9 Å². The first kappa shape index (κ1) is 13.9. The Morgan fingerprint density at radius 1 is 1.15 bits per heavy atom. The predicted octanol–water partition coefficient (Wildman–Crippen LogP) is 1.81. The van der Waals surface area contributed by atoms with E-state index in [9.17, 15) is 8.78 Å². The van der Waals surface area contributed by atoms with Gasteiger partial charge in [-0.15, -0.1) is 0 Å². The van der Waals surface area contributed by atoms with E-state index in [1.54, 1.807) is 7.05 Å². The van der Waals surface area contributed by atoms with Gasteiger partial charge in [-0.05, 0) is 6.07 Å². The second-order valence-corrected chi connectivity index (χ2v) is 3.81. The maximum absolute atomic E-state index is 13.5. The van der Waals surface area contributed by atoms with Crippen molar-refractivity contribution in [2.45, 2.75) is 6.54 Å². The van der Waals surface area contributed by atoms with E-state index in [4.69, 9.17) is 4.74 Å². The molecule has 0 radical (unpaired) electrons. The number of methoxy groups -OCH3 is 1. The molecule has 0 atom stereocenters. The average Bonchev–Trinajstić information content (AvgIpc) is 2.46. The third-order valence-corrected chi connectivity index (χ3v) is 2.47. The van der Waals surface area contributed by atoms with Gasteiger partial charge in [0.15, 0.2) is 0 Å². The Balaban J connectivity index is 2.13. The van der Waals surface area contributed by atoms with Crippen molar-refractivity contribution in [2.75, 3.05) is 24.8 Å². The fourth-order valence-electron chi connectivity index (χ4n) is 1.48. The molecule has 6 nitrogen and oxygen atoms in total. The number of nitrogens with zero attached hydrogens (tertiary/aromatic N) is 3.